The Morgan fingerprint density at radius 1 is 1.26 bits per heavy atom. The van der Waals surface area contributed by atoms with E-state index in [0.29, 0.717) is 10.6 Å². The minimum atomic E-state index is -0.467. The molecule has 0 aliphatic heterocycles. The summed E-state index contributed by atoms with van der Waals surface area (Å²) in [6.45, 7) is 0. The molecule has 0 fully saturated rings. The Hall–Kier alpha value is -1.72. The number of nitro benzene ring substituents is 1. The van der Waals surface area contributed by atoms with Crippen molar-refractivity contribution in [3.63, 3.8) is 0 Å². The van der Waals surface area contributed by atoms with Crippen LogP contribution in [0.2, 0.25) is 5.02 Å². The van der Waals surface area contributed by atoms with Crippen molar-refractivity contribution in [3.05, 3.63) is 57.6 Å². The lowest BCUT2D eigenvalue weighted by Crippen LogP contribution is -1.92. The maximum absolute atomic E-state index is 11.0. The smallest absolute Gasteiger partial charge is 0.301 e. The van der Waals surface area contributed by atoms with Crippen molar-refractivity contribution >= 4 is 29.1 Å². The molecule has 2 rings (SSSR count). The summed E-state index contributed by atoms with van der Waals surface area (Å²) in [5.41, 5.74) is -0.0722. The zero-order chi connectivity index (χ0) is 13.8. The van der Waals surface area contributed by atoms with E-state index < -0.39 is 4.92 Å². The van der Waals surface area contributed by atoms with Crippen LogP contribution in [0.4, 0.5) is 5.69 Å². The molecule has 6 heteroatoms. The summed E-state index contributed by atoms with van der Waals surface area (Å²) >= 11 is 7.15. The summed E-state index contributed by atoms with van der Waals surface area (Å²) in [7, 11) is 1.58. The molecule has 0 spiro atoms. The van der Waals surface area contributed by atoms with Crippen LogP contribution in [0, 0.1) is 10.1 Å². The lowest BCUT2D eigenvalue weighted by molar-refractivity contribution is -0.387. The fourth-order valence-corrected chi connectivity index (χ4v) is 2.85. The third-order valence-electron chi connectivity index (χ3n) is 2.40. The van der Waals surface area contributed by atoms with Crippen molar-refractivity contribution in [2.45, 2.75) is 9.79 Å². The van der Waals surface area contributed by atoms with Crippen LogP contribution in [0.3, 0.4) is 0 Å². The highest BCUT2D eigenvalue weighted by atomic mass is 35.5. The molecule has 0 N–H and O–H groups in total. The van der Waals surface area contributed by atoms with E-state index in [9.17, 15) is 10.1 Å². The Morgan fingerprint density at radius 2 is 2.00 bits per heavy atom. The maximum Gasteiger partial charge on any atom is 0.301 e. The second-order valence-corrected chi connectivity index (χ2v) is 5.15. The molecule has 98 valence electrons. The molecule has 0 saturated carbocycles. The van der Waals surface area contributed by atoms with Crippen molar-refractivity contribution < 1.29 is 9.66 Å². The van der Waals surface area contributed by atoms with Crippen molar-refractivity contribution in [3.8, 4) is 5.75 Å². The number of para-hydroxylation sites is 1. The third kappa shape index (κ3) is 3.19. The molecule has 0 aliphatic rings. The molecule has 0 bridgehead atoms. The van der Waals surface area contributed by atoms with E-state index in [-0.39, 0.29) is 10.7 Å². The van der Waals surface area contributed by atoms with E-state index in [4.69, 9.17) is 16.3 Å². The SMILES string of the molecule is COc1cccc(Sc2cccc(Cl)c2[N+](=O)[O-])c1. The first-order valence-corrected chi connectivity index (χ1v) is 6.56. The zero-order valence-electron chi connectivity index (χ0n) is 10.00. The number of ether oxygens (including phenoxy) is 1. The predicted molar refractivity (Wildman–Crippen MR) is 75.2 cm³/mol. The molecule has 19 heavy (non-hydrogen) atoms. The summed E-state index contributed by atoms with van der Waals surface area (Å²) < 4.78 is 5.12. The molecule has 4 nitrogen and oxygen atoms in total. The first kappa shape index (κ1) is 13.7. The standard InChI is InChI=1S/C13H10ClNO3S/c1-18-9-4-2-5-10(8-9)19-12-7-3-6-11(14)13(12)15(16)17/h2-8H,1H3. The summed E-state index contributed by atoms with van der Waals surface area (Å²) in [4.78, 5) is 11.9. The summed E-state index contributed by atoms with van der Waals surface area (Å²) in [5.74, 6) is 0.703. The van der Waals surface area contributed by atoms with Gasteiger partial charge in [0.25, 0.3) is 0 Å². The predicted octanol–water partition coefficient (Wildman–Crippen LogP) is 4.41. The van der Waals surface area contributed by atoms with Gasteiger partial charge in [0.05, 0.1) is 16.9 Å². The molecule has 2 aromatic rings. The zero-order valence-corrected chi connectivity index (χ0v) is 11.6. The van der Waals surface area contributed by atoms with Gasteiger partial charge < -0.3 is 4.74 Å². The van der Waals surface area contributed by atoms with Gasteiger partial charge >= 0.3 is 5.69 Å². The van der Waals surface area contributed by atoms with Gasteiger partial charge in [-0.25, -0.2) is 0 Å². The quantitative estimate of drug-likeness (QED) is 0.619. The number of rotatable bonds is 4. The van der Waals surface area contributed by atoms with Gasteiger partial charge in [0.15, 0.2) is 0 Å². The van der Waals surface area contributed by atoms with E-state index in [1.807, 2.05) is 24.3 Å². The van der Waals surface area contributed by atoms with Crippen LogP contribution in [0.15, 0.2) is 52.3 Å². The van der Waals surface area contributed by atoms with Gasteiger partial charge in [-0.3, -0.25) is 10.1 Å². The van der Waals surface area contributed by atoms with Crippen LogP contribution in [0.5, 0.6) is 5.75 Å². The Kier molecular flexibility index (Phi) is 4.29. The molecule has 0 aromatic heterocycles. The highest BCUT2D eigenvalue weighted by Gasteiger charge is 2.19. The van der Waals surface area contributed by atoms with Gasteiger partial charge in [0.1, 0.15) is 10.8 Å². The molecule has 0 aliphatic carbocycles. The van der Waals surface area contributed by atoms with Gasteiger partial charge in [-0.05, 0) is 30.3 Å². The fourth-order valence-electron chi connectivity index (χ4n) is 1.55. The lowest BCUT2D eigenvalue weighted by Gasteiger charge is -2.05. The fraction of sp³-hybridized carbons (Fsp3) is 0.0769. The molecule has 0 heterocycles. The molecule has 0 radical (unpaired) electrons. The number of nitro groups is 1. The van der Waals surface area contributed by atoms with Gasteiger partial charge in [0, 0.05) is 4.90 Å². The summed E-state index contributed by atoms with van der Waals surface area (Å²) in [5, 5.41) is 11.2. The van der Waals surface area contributed by atoms with Crippen LogP contribution in [-0.2, 0) is 0 Å². The van der Waals surface area contributed by atoms with Gasteiger partial charge in [-0.15, -0.1) is 0 Å². The second-order valence-electron chi connectivity index (χ2n) is 3.62. The van der Waals surface area contributed by atoms with E-state index in [1.165, 1.54) is 17.8 Å². The Balaban J connectivity index is 2.38. The lowest BCUT2D eigenvalue weighted by atomic mass is 10.3. The van der Waals surface area contributed by atoms with Crippen molar-refractivity contribution in [1.82, 2.24) is 0 Å². The average Bonchev–Trinajstić information content (AvgIpc) is 2.38. The number of benzene rings is 2. The highest BCUT2D eigenvalue weighted by molar-refractivity contribution is 7.99. The first-order valence-electron chi connectivity index (χ1n) is 5.36. The van der Waals surface area contributed by atoms with Gasteiger partial charge in [0.2, 0.25) is 0 Å². The van der Waals surface area contributed by atoms with Gasteiger partial charge in [-0.2, -0.15) is 0 Å². The Labute approximate surface area is 119 Å². The number of halogens is 1. The minimum Gasteiger partial charge on any atom is -0.497 e. The molecular weight excluding hydrogens is 286 g/mol. The van der Waals surface area contributed by atoms with Crippen molar-refractivity contribution in [1.29, 1.82) is 0 Å². The van der Waals surface area contributed by atoms with E-state index in [2.05, 4.69) is 0 Å². The molecule has 0 amide bonds. The highest BCUT2D eigenvalue weighted by Crippen LogP contribution is 2.39. The Morgan fingerprint density at radius 3 is 2.68 bits per heavy atom. The van der Waals surface area contributed by atoms with Crippen molar-refractivity contribution in [2.75, 3.05) is 7.11 Å². The van der Waals surface area contributed by atoms with Gasteiger partial charge in [-0.1, -0.05) is 35.5 Å². The van der Waals surface area contributed by atoms with Crippen LogP contribution < -0.4 is 4.74 Å². The third-order valence-corrected chi connectivity index (χ3v) is 3.75. The average molecular weight is 296 g/mol. The number of hydrogen-bond donors (Lipinski definition) is 0. The topological polar surface area (TPSA) is 52.4 Å². The van der Waals surface area contributed by atoms with E-state index in [0.717, 1.165) is 4.90 Å². The maximum atomic E-state index is 11.0. The first-order chi connectivity index (χ1) is 9.11. The van der Waals surface area contributed by atoms with Crippen LogP contribution >= 0.6 is 23.4 Å². The molecule has 0 saturated heterocycles. The number of hydrogen-bond acceptors (Lipinski definition) is 4. The summed E-state index contributed by atoms with van der Waals surface area (Å²) in [6, 6.07) is 12.2. The molecule has 0 atom stereocenters. The minimum absolute atomic E-state index is 0.0722. The van der Waals surface area contributed by atoms with E-state index in [1.54, 1.807) is 19.2 Å². The number of methoxy groups -OCH3 is 1. The number of nitrogens with zero attached hydrogens (tertiary/aromatic N) is 1. The largest absolute Gasteiger partial charge is 0.497 e. The molecular formula is C13H10ClNO3S. The van der Waals surface area contributed by atoms with E-state index >= 15 is 0 Å². The molecule has 0 unspecified atom stereocenters. The molecule has 2 aromatic carbocycles. The summed E-state index contributed by atoms with van der Waals surface area (Å²) in [6.07, 6.45) is 0. The monoisotopic (exact) mass is 295 g/mol. The van der Waals surface area contributed by atoms with Crippen LogP contribution in [-0.4, -0.2) is 12.0 Å². The normalized spacial score (nSPS) is 10.2. The van der Waals surface area contributed by atoms with Crippen LogP contribution in [0.25, 0.3) is 0 Å². The van der Waals surface area contributed by atoms with Crippen LogP contribution in [0.1, 0.15) is 0 Å². The Bertz CT molecular complexity index is 619. The second kappa shape index (κ2) is 5.95. The van der Waals surface area contributed by atoms with Crippen molar-refractivity contribution in [2.24, 2.45) is 0 Å².